The van der Waals surface area contributed by atoms with Crippen LogP contribution in [0.4, 0.5) is 5.69 Å². The van der Waals surface area contributed by atoms with E-state index in [2.05, 4.69) is 5.32 Å². The maximum Gasteiger partial charge on any atom is 0.227 e. The Morgan fingerprint density at radius 3 is 2.50 bits per heavy atom. The summed E-state index contributed by atoms with van der Waals surface area (Å²) >= 11 is 0. The molecular weight excluding hydrogens is 248 g/mol. The van der Waals surface area contributed by atoms with E-state index in [1.165, 1.54) is 25.7 Å². The fourth-order valence-electron chi connectivity index (χ4n) is 3.12. The minimum absolute atomic E-state index is 0.127. The van der Waals surface area contributed by atoms with Gasteiger partial charge in [0.2, 0.25) is 5.91 Å². The molecule has 1 unspecified atom stereocenters. The molecule has 1 amide bonds. The highest BCUT2D eigenvalue weighted by molar-refractivity contribution is 5.83. The van der Waals surface area contributed by atoms with E-state index in [1.54, 1.807) is 0 Å². The lowest BCUT2D eigenvalue weighted by atomic mass is 9.96. The quantitative estimate of drug-likeness (QED) is 0.782. The van der Waals surface area contributed by atoms with E-state index in [0.717, 1.165) is 35.5 Å². The van der Waals surface area contributed by atoms with Gasteiger partial charge in [0.1, 0.15) is 0 Å². The van der Waals surface area contributed by atoms with Crippen LogP contribution in [-0.4, -0.2) is 12.5 Å². The molecule has 2 aliphatic rings. The molecule has 3 rings (SSSR count). The second-order valence-electron chi connectivity index (χ2n) is 6.48. The molecule has 0 heterocycles. The fraction of sp³-hybridized carbons (Fsp3) is 0.588. The summed E-state index contributed by atoms with van der Waals surface area (Å²) in [6.07, 6.45) is 5.45. The average Bonchev–Trinajstić information content (AvgIpc) is 3.30. The minimum Gasteiger partial charge on any atom is -0.399 e. The molecule has 0 spiro atoms. The van der Waals surface area contributed by atoms with Gasteiger partial charge in [-0.15, -0.1) is 0 Å². The van der Waals surface area contributed by atoms with Crippen molar-refractivity contribution in [2.24, 2.45) is 17.8 Å². The number of nitrogens with one attached hydrogen (secondary N) is 1. The molecule has 3 N–H and O–H groups in total. The summed E-state index contributed by atoms with van der Waals surface area (Å²) in [5.74, 6) is 2.49. The summed E-state index contributed by atoms with van der Waals surface area (Å²) in [6, 6.07) is 7.62. The van der Waals surface area contributed by atoms with Crippen LogP contribution in [0, 0.1) is 17.8 Å². The molecule has 3 heteroatoms. The smallest absolute Gasteiger partial charge is 0.227 e. The van der Waals surface area contributed by atoms with Crippen LogP contribution < -0.4 is 11.1 Å². The third-order valence-electron chi connectivity index (χ3n) is 4.77. The SMILES string of the molecule is CC(C(=O)NCC(C1CC1)C1CC1)c1cccc(N)c1. The Hall–Kier alpha value is -1.51. The summed E-state index contributed by atoms with van der Waals surface area (Å²) in [6.45, 7) is 2.81. The Kier molecular flexibility index (Phi) is 3.68. The first kappa shape index (κ1) is 13.5. The Morgan fingerprint density at radius 1 is 1.30 bits per heavy atom. The standard InChI is InChI=1S/C17H24N2O/c1-11(14-3-2-4-15(18)9-14)17(20)19-10-16(12-5-6-12)13-7-8-13/h2-4,9,11-13,16H,5-8,10,18H2,1H3,(H,19,20). The normalized spacial score (nSPS) is 19.9. The number of amides is 1. The number of nitrogen functional groups attached to an aromatic ring is 1. The van der Waals surface area contributed by atoms with Gasteiger partial charge in [-0.05, 0) is 68.1 Å². The number of carbonyl (C=O) groups is 1. The van der Waals surface area contributed by atoms with Crippen LogP contribution in [0.15, 0.2) is 24.3 Å². The lowest BCUT2D eigenvalue weighted by Gasteiger charge is -2.18. The second-order valence-corrected chi connectivity index (χ2v) is 6.48. The topological polar surface area (TPSA) is 55.1 Å². The summed E-state index contributed by atoms with van der Waals surface area (Å²) in [7, 11) is 0. The monoisotopic (exact) mass is 272 g/mol. The molecule has 2 aliphatic carbocycles. The van der Waals surface area contributed by atoms with Gasteiger partial charge in [0.25, 0.3) is 0 Å². The van der Waals surface area contributed by atoms with Crippen molar-refractivity contribution in [1.29, 1.82) is 0 Å². The molecule has 108 valence electrons. The Balaban J connectivity index is 1.55. The zero-order valence-electron chi connectivity index (χ0n) is 12.1. The molecule has 3 nitrogen and oxygen atoms in total. The minimum atomic E-state index is -0.127. The van der Waals surface area contributed by atoms with Crippen LogP contribution in [-0.2, 0) is 4.79 Å². The first-order chi connectivity index (χ1) is 9.65. The molecule has 0 aromatic heterocycles. The molecule has 0 aliphatic heterocycles. The van der Waals surface area contributed by atoms with Crippen molar-refractivity contribution in [3.63, 3.8) is 0 Å². The number of hydrogen-bond donors (Lipinski definition) is 2. The lowest BCUT2D eigenvalue weighted by Crippen LogP contribution is -2.34. The van der Waals surface area contributed by atoms with E-state index in [-0.39, 0.29) is 11.8 Å². The largest absolute Gasteiger partial charge is 0.399 e. The zero-order valence-corrected chi connectivity index (χ0v) is 12.1. The predicted octanol–water partition coefficient (Wildman–Crippen LogP) is 2.92. The molecule has 1 aromatic carbocycles. The van der Waals surface area contributed by atoms with E-state index in [0.29, 0.717) is 0 Å². The van der Waals surface area contributed by atoms with Crippen molar-refractivity contribution in [3.8, 4) is 0 Å². The van der Waals surface area contributed by atoms with Crippen molar-refractivity contribution in [3.05, 3.63) is 29.8 Å². The summed E-state index contributed by atoms with van der Waals surface area (Å²) < 4.78 is 0. The molecule has 2 saturated carbocycles. The molecule has 0 bridgehead atoms. The van der Waals surface area contributed by atoms with Crippen LogP contribution in [0.1, 0.15) is 44.1 Å². The number of nitrogens with two attached hydrogens (primary N) is 1. The number of anilines is 1. The van der Waals surface area contributed by atoms with Crippen LogP contribution in [0.25, 0.3) is 0 Å². The predicted molar refractivity (Wildman–Crippen MR) is 81.2 cm³/mol. The van der Waals surface area contributed by atoms with Crippen LogP contribution in [0.3, 0.4) is 0 Å². The molecular formula is C17H24N2O. The van der Waals surface area contributed by atoms with Gasteiger partial charge < -0.3 is 11.1 Å². The number of rotatable bonds is 6. The van der Waals surface area contributed by atoms with Crippen molar-refractivity contribution >= 4 is 11.6 Å². The van der Waals surface area contributed by atoms with Crippen molar-refractivity contribution < 1.29 is 4.79 Å². The zero-order chi connectivity index (χ0) is 14.1. The van der Waals surface area contributed by atoms with Crippen LogP contribution in [0.2, 0.25) is 0 Å². The van der Waals surface area contributed by atoms with Gasteiger partial charge in [-0.2, -0.15) is 0 Å². The third kappa shape index (κ3) is 3.14. The first-order valence-electron chi connectivity index (χ1n) is 7.78. The number of hydrogen-bond acceptors (Lipinski definition) is 2. The van der Waals surface area contributed by atoms with Gasteiger partial charge in [-0.3, -0.25) is 4.79 Å². The highest BCUT2D eigenvalue weighted by atomic mass is 16.1. The molecule has 1 atom stereocenters. The highest BCUT2D eigenvalue weighted by Crippen LogP contribution is 2.48. The maximum absolute atomic E-state index is 12.3. The van der Waals surface area contributed by atoms with Gasteiger partial charge in [0.15, 0.2) is 0 Å². The van der Waals surface area contributed by atoms with E-state index in [4.69, 9.17) is 5.73 Å². The van der Waals surface area contributed by atoms with Gasteiger partial charge in [-0.25, -0.2) is 0 Å². The molecule has 20 heavy (non-hydrogen) atoms. The Bertz CT molecular complexity index is 480. The van der Waals surface area contributed by atoms with Gasteiger partial charge >= 0.3 is 0 Å². The fourth-order valence-corrected chi connectivity index (χ4v) is 3.12. The van der Waals surface area contributed by atoms with Gasteiger partial charge in [-0.1, -0.05) is 12.1 Å². The maximum atomic E-state index is 12.3. The first-order valence-corrected chi connectivity index (χ1v) is 7.78. The number of carbonyl (C=O) groups excluding carboxylic acids is 1. The van der Waals surface area contributed by atoms with Gasteiger partial charge in [0, 0.05) is 12.2 Å². The second kappa shape index (κ2) is 5.47. The lowest BCUT2D eigenvalue weighted by molar-refractivity contribution is -0.122. The molecule has 2 fully saturated rings. The molecule has 0 saturated heterocycles. The van der Waals surface area contributed by atoms with Crippen molar-refractivity contribution in [2.75, 3.05) is 12.3 Å². The average molecular weight is 272 g/mol. The van der Waals surface area contributed by atoms with Gasteiger partial charge in [0.05, 0.1) is 5.92 Å². The Morgan fingerprint density at radius 2 is 1.95 bits per heavy atom. The summed E-state index contributed by atoms with van der Waals surface area (Å²) in [5, 5.41) is 3.16. The summed E-state index contributed by atoms with van der Waals surface area (Å²) in [5.41, 5.74) is 7.50. The van der Waals surface area contributed by atoms with Crippen LogP contribution >= 0.6 is 0 Å². The highest BCUT2D eigenvalue weighted by Gasteiger charge is 2.41. The third-order valence-corrected chi connectivity index (χ3v) is 4.77. The van der Waals surface area contributed by atoms with Crippen molar-refractivity contribution in [1.82, 2.24) is 5.32 Å². The Labute approximate surface area is 120 Å². The number of benzene rings is 1. The van der Waals surface area contributed by atoms with Crippen molar-refractivity contribution in [2.45, 2.75) is 38.5 Å². The van der Waals surface area contributed by atoms with E-state index < -0.39 is 0 Å². The molecule has 0 radical (unpaired) electrons. The summed E-state index contributed by atoms with van der Waals surface area (Å²) in [4.78, 5) is 12.3. The van der Waals surface area contributed by atoms with Crippen LogP contribution in [0.5, 0.6) is 0 Å². The molecule has 1 aromatic rings. The van der Waals surface area contributed by atoms with E-state index >= 15 is 0 Å². The van der Waals surface area contributed by atoms with E-state index in [1.807, 2.05) is 31.2 Å². The van der Waals surface area contributed by atoms with E-state index in [9.17, 15) is 4.79 Å².